The van der Waals surface area contributed by atoms with Crippen LogP contribution in [0, 0.1) is 19.7 Å². The van der Waals surface area contributed by atoms with Gasteiger partial charge in [0.15, 0.2) is 0 Å². The lowest BCUT2D eigenvalue weighted by Crippen LogP contribution is -2.24. The molecule has 0 aliphatic carbocycles. The van der Waals surface area contributed by atoms with Crippen LogP contribution in [0.5, 0.6) is 0 Å². The fraction of sp³-hybridized carbons (Fsp3) is 0.231. The van der Waals surface area contributed by atoms with Gasteiger partial charge in [-0.2, -0.15) is 5.10 Å². The molecular formula is C13H12ClFN4O2S2. The van der Waals surface area contributed by atoms with Gasteiger partial charge in [0, 0.05) is 0 Å². The molecule has 0 aliphatic rings. The molecule has 0 saturated heterocycles. The van der Waals surface area contributed by atoms with Gasteiger partial charge in [0.1, 0.15) is 10.8 Å². The number of aromatic nitrogens is 3. The second-order valence-corrected chi connectivity index (χ2v) is 8.19. The number of nitrogens with zero attached hydrogens (tertiary/aromatic N) is 3. The molecule has 0 amide bonds. The summed E-state index contributed by atoms with van der Waals surface area (Å²) < 4.78 is 41.8. The van der Waals surface area contributed by atoms with Crippen molar-refractivity contribution < 1.29 is 12.8 Å². The first-order valence-corrected chi connectivity index (χ1v) is 9.22. The number of rotatable bonds is 4. The van der Waals surface area contributed by atoms with Crippen molar-refractivity contribution in [3.8, 4) is 0 Å². The van der Waals surface area contributed by atoms with E-state index in [1.54, 1.807) is 11.4 Å². The second kappa shape index (κ2) is 5.82. The van der Waals surface area contributed by atoms with Gasteiger partial charge in [-0.25, -0.2) is 27.0 Å². The van der Waals surface area contributed by atoms with Crippen molar-refractivity contribution in [3.63, 3.8) is 0 Å². The zero-order chi connectivity index (χ0) is 16.8. The molecule has 1 N–H and O–H groups in total. The van der Waals surface area contributed by atoms with Crippen LogP contribution >= 0.6 is 22.9 Å². The Bertz CT molecular complexity index is 997. The van der Waals surface area contributed by atoms with E-state index < -0.39 is 15.8 Å². The van der Waals surface area contributed by atoms with Crippen LogP contribution in [-0.4, -0.2) is 23.0 Å². The highest BCUT2D eigenvalue weighted by Gasteiger charge is 2.19. The molecular weight excluding hydrogens is 363 g/mol. The Balaban J connectivity index is 1.88. The van der Waals surface area contributed by atoms with E-state index in [2.05, 4.69) is 14.8 Å². The maximum absolute atomic E-state index is 13.2. The number of hydrogen-bond acceptors (Lipinski definition) is 5. The molecule has 0 unspecified atom stereocenters. The van der Waals surface area contributed by atoms with Crippen molar-refractivity contribution in [2.45, 2.75) is 25.3 Å². The van der Waals surface area contributed by atoms with E-state index in [-0.39, 0.29) is 16.5 Å². The first-order valence-electron chi connectivity index (χ1n) is 6.54. The molecule has 0 atom stereocenters. The summed E-state index contributed by atoms with van der Waals surface area (Å²) in [5, 5.41) is 4.89. The average Bonchev–Trinajstić information content (AvgIpc) is 2.94. The van der Waals surface area contributed by atoms with Crippen molar-refractivity contribution >= 4 is 37.9 Å². The molecule has 1 aromatic carbocycles. The molecule has 0 bridgehead atoms. The van der Waals surface area contributed by atoms with E-state index in [1.165, 1.54) is 11.3 Å². The van der Waals surface area contributed by atoms with Crippen molar-refractivity contribution in [1.29, 1.82) is 0 Å². The lowest BCUT2D eigenvalue weighted by atomic mass is 10.3. The summed E-state index contributed by atoms with van der Waals surface area (Å²) in [7, 11) is -3.82. The van der Waals surface area contributed by atoms with Crippen LogP contribution in [0.1, 0.15) is 16.4 Å². The van der Waals surface area contributed by atoms with Gasteiger partial charge in [-0.05, 0) is 32.0 Å². The molecule has 0 fully saturated rings. The van der Waals surface area contributed by atoms with E-state index in [9.17, 15) is 12.8 Å². The Kier molecular flexibility index (Phi) is 4.13. The van der Waals surface area contributed by atoms with Crippen LogP contribution < -0.4 is 4.72 Å². The van der Waals surface area contributed by atoms with Gasteiger partial charge >= 0.3 is 0 Å². The standard InChI is InChI=1S/C13H12ClFN4O2S2/c1-7-12(19-13(17-7)22-8(2)18-19)6-16-23(20,21)9-3-4-11(15)10(14)5-9/h3-5,16H,6H2,1-2H3. The van der Waals surface area contributed by atoms with Gasteiger partial charge in [-0.1, -0.05) is 22.9 Å². The Morgan fingerprint density at radius 3 is 2.83 bits per heavy atom. The molecule has 122 valence electrons. The third kappa shape index (κ3) is 3.09. The van der Waals surface area contributed by atoms with Crippen molar-refractivity contribution in [2.75, 3.05) is 0 Å². The number of aryl methyl sites for hydroxylation is 2. The number of benzene rings is 1. The Morgan fingerprint density at radius 1 is 1.39 bits per heavy atom. The topological polar surface area (TPSA) is 76.4 Å². The second-order valence-electron chi connectivity index (χ2n) is 4.86. The zero-order valence-corrected chi connectivity index (χ0v) is 14.6. The fourth-order valence-corrected chi connectivity index (χ4v) is 4.15. The lowest BCUT2D eigenvalue weighted by molar-refractivity contribution is 0.578. The summed E-state index contributed by atoms with van der Waals surface area (Å²) in [5.74, 6) is -0.670. The minimum absolute atomic E-state index is 0.0213. The van der Waals surface area contributed by atoms with Crippen molar-refractivity contribution in [1.82, 2.24) is 19.3 Å². The Labute approximate surface area is 141 Å². The van der Waals surface area contributed by atoms with E-state index in [1.807, 2.05) is 6.92 Å². The molecule has 0 radical (unpaired) electrons. The number of nitrogens with one attached hydrogen (secondary N) is 1. The third-order valence-corrected chi connectivity index (χ3v) is 5.74. The molecule has 2 heterocycles. The average molecular weight is 375 g/mol. The van der Waals surface area contributed by atoms with Gasteiger partial charge in [-0.3, -0.25) is 0 Å². The quantitative estimate of drug-likeness (QED) is 0.761. The summed E-state index contributed by atoms with van der Waals surface area (Å²) in [4.78, 5) is 4.95. The summed E-state index contributed by atoms with van der Waals surface area (Å²) >= 11 is 7.06. The van der Waals surface area contributed by atoms with Crippen molar-refractivity contribution in [3.05, 3.63) is 45.4 Å². The highest BCUT2D eigenvalue weighted by Crippen LogP contribution is 2.21. The molecule has 2 aromatic heterocycles. The normalized spacial score (nSPS) is 12.2. The van der Waals surface area contributed by atoms with Crippen LogP contribution in [-0.2, 0) is 16.6 Å². The maximum atomic E-state index is 13.2. The zero-order valence-electron chi connectivity index (χ0n) is 12.2. The molecule has 3 rings (SSSR count). The van der Waals surface area contributed by atoms with Crippen LogP contribution in [0.3, 0.4) is 0 Å². The number of halogens is 2. The summed E-state index contributed by atoms with van der Waals surface area (Å²) in [5.41, 5.74) is 1.35. The molecule has 0 saturated carbocycles. The maximum Gasteiger partial charge on any atom is 0.240 e. The monoisotopic (exact) mass is 374 g/mol. The van der Waals surface area contributed by atoms with Crippen molar-refractivity contribution in [2.24, 2.45) is 0 Å². The molecule has 10 heteroatoms. The smallest absolute Gasteiger partial charge is 0.223 e. The first kappa shape index (κ1) is 16.3. The molecule has 6 nitrogen and oxygen atoms in total. The summed E-state index contributed by atoms with van der Waals surface area (Å²) in [6, 6.07) is 3.25. The largest absolute Gasteiger partial charge is 0.240 e. The summed E-state index contributed by atoms with van der Waals surface area (Å²) in [6.45, 7) is 3.66. The van der Waals surface area contributed by atoms with E-state index in [0.717, 1.165) is 23.2 Å². The minimum atomic E-state index is -3.82. The Hall–Kier alpha value is -1.55. The molecule has 0 aliphatic heterocycles. The highest BCUT2D eigenvalue weighted by molar-refractivity contribution is 7.89. The fourth-order valence-electron chi connectivity index (χ4n) is 2.08. The highest BCUT2D eigenvalue weighted by atomic mass is 35.5. The van der Waals surface area contributed by atoms with Gasteiger partial charge in [-0.15, -0.1) is 0 Å². The third-order valence-electron chi connectivity index (χ3n) is 3.23. The van der Waals surface area contributed by atoms with Crippen LogP contribution in [0.25, 0.3) is 4.96 Å². The van der Waals surface area contributed by atoms with E-state index in [4.69, 9.17) is 11.6 Å². The van der Waals surface area contributed by atoms with Crippen LogP contribution in [0.15, 0.2) is 23.1 Å². The first-order chi connectivity index (χ1) is 10.8. The van der Waals surface area contributed by atoms with Crippen LogP contribution in [0.4, 0.5) is 4.39 Å². The Morgan fingerprint density at radius 2 is 2.13 bits per heavy atom. The minimum Gasteiger partial charge on any atom is -0.223 e. The molecule has 3 aromatic rings. The number of fused-ring (bicyclic) bond motifs is 1. The van der Waals surface area contributed by atoms with E-state index in [0.29, 0.717) is 16.3 Å². The SMILES string of the molecule is Cc1nn2c(CNS(=O)(=O)c3ccc(F)c(Cl)c3)c(C)nc2s1. The van der Waals surface area contributed by atoms with Gasteiger partial charge in [0.05, 0.1) is 27.9 Å². The molecule has 0 spiro atoms. The predicted molar refractivity (Wildman–Crippen MR) is 85.8 cm³/mol. The lowest BCUT2D eigenvalue weighted by Gasteiger charge is -2.07. The summed E-state index contributed by atoms with van der Waals surface area (Å²) in [6.07, 6.45) is 0. The number of hydrogen-bond donors (Lipinski definition) is 1. The number of sulfonamides is 1. The van der Waals surface area contributed by atoms with E-state index >= 15 is 0 Å². The van der Waals surface area contributed by atoms with Gasteiger partial charge in [0.2, 0.25) is 15.0 Å². The number of imidazole rings is 1. The van der Waals surface area contributed by atoms with Gasteiger partial charge in [0.25, 0.3) is 0 Å². The van der Waals surface area contributed by atoms with Gasteiger partial charge < -0.3 is 0 Å². The molecule has 23 heavy (non-hydrogen) atoms. The van der Waals surface area contributed by atoms with Crippen LogP contribution in [0.2, 0.25) is 5.02 Å². The predicted octanol–water partition coefficient (Wildman–Crippen LogP) is 2.68.